The Kier molecular flexibility index (Phi) is 3.59. The van der Waals surface area contributed by atoms with Crippen molar-refractivity contribution in [2.24, 2.45) is 0 Å². The second-order valence-corrected chi connectivity index (χ2v) is 5.97. The number of benzene rings is 1. The maximum absolute atomic E-state index is 6.10. The molecule has 5 heteroatoms. The van der Waals surface area contributed by atoms with Crippen LogP contribution in [0.4, 0.5) is 0 Å². The van der Waals surface area contributed by atoms with Gasteiger partial charge in [0.1, 0.15) is 0 Å². The predicted molar refractivity (Wildman–Crippen MR) is 79.5 cm³/mol. The summed E-state index contributed by atoms with van der Waals surface area (Å²) in [6, 6.07) is 6.53. The van der Waals surface area contributed by atoms with Crippen LogP contribution in [0.1, 0.15) is 18.7 Å². The zero-order valence-corrected chi connectivity index (χ0v) is 12.5. The lowest BCUT2D eigenvalue weighted by Crippen LogP contribution is -2.15. The van der Waals surface area contributed by atoms with E-state index in [0.717, 1.165) is 25.8 Å². The Morgan fingerprint density at radius 2 is 2.28 bits per heavy atom. The first-order valence-corrected chi connectivity index (χ1v) is 7.31. The molecule has 1 aromatic heterocycles. The van der Waals surface area contributed by atoms with Gasteiger partial charge in [-0.3, -0.25) is 0 Å². The van der Waals surface area contributed by atoms with E-state index in [0.29, 0.717) is 12.6 Å². The molecule has 0 saturated heterocycles. The molecule has 0 radical (unpaired) electrons. The van der Waals surface area contributed by atoms with Crippen molar-refractivity contribution >= 4 is 34.2 Å². The van der Waals surface area contributed by atoms with Gasteiger partial charge in [-0.2, -0.15) is 0 Å². The summed E-state index contributed by atoms with van der Waals surface area (Å²) in [5.74, 6) is 1.49. The van der Waals surface area contributed by atoms with Gasteiger partial charge in [-0.1, -0.05) is 17.7 Å². The van der Waals surface area contributed by atoms with E-state index in [1.54, 1.807) is 6.20 Å². The Morgan fingerprint density at radius 1 is 1.44 bits per heavy atom. The third-order valence-corrected chi connectivity index (χ3v) is 4.45. The smallest absolute Gasteiger partial charge is 0.208 e. The minimum absolute atomic E-state index is 0.660. The molecule has 0 unspecified atom stereocenters. The van der Waals surface area contributed by atoms with Crippen molar-refractivity contribution in [3.8, 4) is 11.3 Å². The quantitative estimate of drug-likeness (QED) is 0.826. The van der Waals surface area contributed by atoms with Gasteiger partial charge >= 0.3 is 0 Å². The van der Waals surface area contributed by atoms with Crippen LogP contribution in [0.2, 0.25) is 5.02 Å². The predicted octanol–water partition coefficient (Wildman–Crippen LogP) is 3.85. The molecule has 1 heterocycles. The third kappa shape index (κ3) is 2.87. The Hall–Kier alpha value is -0.590. The van der Waals surface area contributed by atoms with Gasteiger partial charge in [0.05, 0.1) is 17.8 Å². The Labute approximate surface area is 124 Å². The number of hydrogen-bond acceptors (Lipinski definition) is 3. The Morgan fingerprint density at radius 3 is 3.00 bits per heavy atom. The van der Waals surface area contributed by atoms with Crippen LogP contribution in [-0.2, 0) is 6.54 Å². The number of nitrogens with zero attached hydrogens (tertiary/aromatic N) is 1. The Balaban J connectivity index is 1.76. The summed E-state index contributed by atoms with van der Waals surface area (Å²) >= 11 is 8.30. The molecule has 0 aliphatic heterocycles. The first-order chi connectivity index (χ1) is 8.72. The van der Waals surface area contributed by atoms with Crippen molar-refractivity contribution in [3.05, 3.63) is 38.9 Å². The summed E-state index contributed by atoms with van der Waals surface area (Å²) in [5.41, 5.74) is 0.964. The molecule has 3 rings (SSSR count). The molecule has 0 atom stereocenters. The van der Waals surface area contributed by atoms with Crippen LogP contribution in [0.5, 0.6) is 0 Å². The molecule has 1 aromatic carbocycles. The van der Waals surface area contributed by atoms with Crippen molar-refractivity contribution < 1.29 is 4.42 Å². The molecule has 0 spiro atoms. The molecule has 0 bridgehead atoms. The van der Waals surface area contributed by atoms with Crippen molar-refractivity contribution in [1.82, 2.24) is 10.3 Å². The van der Waals surface area contributed by atoms with E-state index >= 15 is 0 Å². The molecular weight excluding hydrogens is 363 g/mol. The number of nitrogens with one attached hydrogen (secondary N) is 1. The average Bonchev–Trinajstić information content (AvgIpc) is 3.08. The lowest BCUT2D eigenvalue weighted by Gasteiger charge is -2.00. The maximum atomic E-state index is 6.10. The van der Waals surface area contributed by atoms with Gasteiger partial charge in [-0.05, 0) is 47.6 Å². The second kappa shape index (κ2) is 5.19. The summed E-state index contributed by atoms with van der Waals surface area (Å²) in [4.78, 5) is 4.27. The largest absolute Gasteiger partial charge is 0.439 e. The van der Waals surface area contributed by atoms with Crippen molar-refractivity contribution in [3.63, 3.8) is 0 Å². The van der Waals surface area contributed by atoms with E-state index in [9.17, 15) is 0 Å². The maximum Gasteiger partial charge on any atom is 0.208 e. The third-order valence-electron chi connectivity index (χ3n) is 2.88. The van der Waals surface area contributed by atoms with Crippen LogP contribution in [0.15, 0.2) is 28.8 Å². The molecule has 0 amide bonds. The van der Waals surface area contributed by atoms with Crippen LogP contribution in [0.25, 0.3) is 11.3 Å². The fraction of sp³-hybridized carbons (Fsp3) is 0.308. The molecular formula is C13H12ClIN2O. The number of halogens is 2. The fourth-order valence-corrected chi connectivity index (χ4v) is 2.21. The monoisotopic (exact) mass is 374 g/mol. The van der Waals surface area contributed by atoms with Gasteiger partial charge in [0.2, 0.25) is 5.89 Å². The first-order valence-electron chi connectivity index (χ1n) is 5.86. The Bertz CT molecular complexity index is 566. The SMILES string of the molecule is Clc1cc(-c2cnc(CNC3CC3)o2)ccc1I. The highest BCUT2D eigenvalue weighted by atomic mass is 127. The average molecular weight is 375 g/mol. The summed E-state index contributed by atoms with van der Waals surface area (Å²) in [6.07, 6.45) is 4.28. The zero-order chi connectivity index (χ0) is 12.5. The van der Waals surface area contributed by atoms with Crippen molar-refractivity contribution in [1.29, 1.82) is 0 Å². The molecule has 3 nitrogen and oxygen atoms in total. The lowest BCUT2D eigenvalue weighted by atomic mass is 10.2. The van der Waals surface area contributed by atoms with Gasteiger partial charge in [-0.15, -0.1) is 0 Å². The molecule has 1 N–H and O–H groups in total. The molecule has 1 saturated carbocycles. The van der Waals surface area contributed by atoms with Crippen molar-refractivity contribution in [2.75, 3.05) is 0 Å². The van der Waals surface area contributed by atoms with Crippen molar-refractivity contribution in [2.45, 2.75) is 25.4 Å². The molecule has 94 valence electrons. The highest BCUT2D eigenvalue weighted by Crippen LogP contribution is 2.27. The van der Waals surface area contributed by atoms with E-state index in [1.807, 2.05) is 18.2 Å². The number of hydrogen-bond donors (Lipinski definition) is 1. The van der Waals surface area contributed by atoms with Crippen LogP contribution in [-0.4, -0.2) is 11.0 Å². The van der Waals surface area contributed by atoms with E-state index in [4.69, 9.17) is 16.0 Å². The van der Waals surface area contributed by atoms with E-state index in [1.165, 1.54) is 12.8 Å². The van der Waals surface area contributed by atoms with E-state index in [-0.39, 0.29) is 0 Å². The minimum Gasteiger partial charge on any atom is -0.439 e. The molecule has 1 aliphatic carbocycles. The van der Waals surface area contributed by atoms with Gasteiger partial charge in [0.15, 0.2) is 5.76 Å². The molecule has 1 aliphatic rings. The molecule has 1 fully saturated rings. The number of aromatic nitrogens is 1. The highest BCUT2D eigenvalue weighted by Gasteiger charge is 2.21. The van der Waals surface area contributed by atoms with E-state index in [2.05, 4.69) is 32.9 Å². The number of oxazole rings is 1. The minimum atomic E-state index is 0.660. The topological polar surface area (TPSA) is 38.1 Å². The van der Waals surface area contributed by atoms with Crippen LogP contribution in [0.3, 0.4) is 0 Å². The summed E-state index contributed by atoms with van der Waals surface area (Å²) < 4.78 is 6.74. The fourth-order valence-electron chi connectivity index (χ4n) is 1.69. The summed E-state index contributed by atoms with van der Waals surface area (Å²) in [6.45, 7) is 0.697. The standard InChI is InChI=1S/C13H12ClIN2O/c14-10-5-8(1-4-11(10)15)12-6-17-13(18-12)7-16-9-2-3-9/h1,4-6,9,16H,2-3,7H2. The van der Waals surface area contributed by atoms with E-state index < -0.39 is 0 Å². The zero-order valence-electron chi connectivity index (χ0n) is 9.62. The lowest BCUT2D eigenvalue weighted by molar-refractivity contribution is 0.476. The van der Waals surface area contributed by atoms with Gasteiger partial charge < -0.3 is 9.73 Å². The van der Waals surface area contributed by atoms with Gasteiger partial charge in [-0.25, -0.2) is 4.98 Å². The second-order valence-electron chi connectivity index (χ2n) is 4.40. The van der Waals surface area contributed by atoms with Crippen LogP contribution >= 0.6 is 34.2 Å². The molecule has 2 aromatic rings. The summed E-state index contributed by atoms with van der Waals surface area (Å²) in [7, 11) is 0. The highest BCUT2D eigenvalue weighted by molar-refractivity contribution is 14.1. The normalized spacial score (nSPS) is 15.0. The molecule has 18 heavy (non-hydrogen) atoms. The summed E-state index contributed by atoms with van der Waals surface area (Å²) in [5, 5.41) is 4.11. The van der Waals surface area contributed by atoms with Gasteiger partial charge in [0.25, 0.3) is 0 Å². The number of rotatable bonds is 4. The van der Waals surface area contributed by atoms with Crippen LogP contribution < -0.4 is 5.32 Å². The van der Waals surface area contributed by atoms with Gasteiger partial charge in [0, 0.05) is 15.2 Å². The first kappa shape index (κ1) is 12.4. The van der Waals surface area contributed by atoms with Crippen LogP contribution in [0, 0.1) is 3.57 Å².